The van der Waals surface area contributed by atoms with E-state index in [1.54, 1.807) is 6.20 Å². The Morgan fingerprint density at radius 3 is 3.00 bits per heavy atom. The fourth-order valence-electron chi connectivity index (χ4n) is 2.28. The largest absolute Gasteiger partial charge is 0.344 e. The first-order valence-corrected chi connectivity index (χ1v) is 5.79. The highest BCUT2D eigenvalue weighted by Crippen LogP contribution is 2.23. The molecule has 4 heteroatoms. The van der Waals surface area contributed by atoms with Crippen molar-refractivity contribution in [2.45, 2.75) is 0 Å². The van der Waals surface area contributed by atoms with Gasteiger partial charge in [-0.25, -0.2) is 9.67 Å². The Morgan fingerprint density at radius 2 is 2.00 bits per heavy atom. The van der Waals surface area contributed by atoms with Crippen molar-refractivity contribution in [2.24, 2.45) is 0 Å². The minimum absolute atomic E-state index is 0.882. The molecule has 18 heavy (non-hydrogen) atoms. The smallest absolute Gasteiger partial charge is 0.139 e. The summed E-state index contributed by atoms with van der Waals surface area (Å²) in [6.07, 6.45) is 5.60. The van der Waals surface area contributed by atoms with Gasteiger partial charge >= 0.3 is 0 Å². The SMILES string of the molecule is c1ccc2c(c1)cnn2-c1c[nH]c2ncccc12. The average molecular weight is 234 g/mol. The number of aromatic nitrogens is 4. The molecule has 4 nitrogen and oxygen atoms in total. The Hall–Kier alpha value is -2.62. The van der Waals surface area contributed by atoms with Gasteiger partial charge in [0.05, 0.1) is 17.4 Å². The number of rotatable bonds is 1. The molecule has 0 bridgehead atoms. The highest BCUT2D eigenvalue weighted by molar-refractivity contribution is 5.88. The van der Waals surface area contributed by atoms with E-state index in [0.29, 0.717) is 0 Å². The molecule has 0 aliphatic heterocycles. The maximum atomic E-state index is 4.46. The molecule has 3 aromatic heterocycles. The lowest BCUT2D eigenvalue weighted by atomic mass is 10.2. The number of para-hydroxylation sites is 1. The van der Waals surface area contributed by atoms with Crippen molar-refractivity contribution < 1.29 is 0 Å². The minimum atomic E-state index is 0.882. The van der Waals surface area contributed by atoms with Crippen molar-refractivity contribution in [2.75, 3.05) is 0 Å². The third kappa shape index (κ3) is 1.20. The van der Waals surface area contributed by atoms with Crippen molar-refractivity contribution in [3.05, 3.63) is 55.0 Å². The molecule has 0 radical (unpaired) electrons. The first-order chi connectivity index (χ1) is 8.93. The Kier molecular flexibility index (Phi) is 1.80. The Balaban J connectivity index is 2.08. The summed E-state index contributed by atoms with van der Waals surface area (Å²) in [4.78, 5) is 7.46. The fourth-order valence-corrected chi connectivity index (χ4v) is 2.28. The number of pyridine rings is 1. The van der Waals surface area contributed by atoms with Crippen LogP contribution < -0.4 is 0 Å². The molecule has 0 fully saturated rings. The van der Waals surface area contributed by atoms with Gasteiger partial charge in [-0.05, 0) is 18.2 Å². The lowest BCUT2D eigenvalue weighted by Crippen LogP contribution is -1.94. The van der Waals surface area contributed by atoms with Gasteiger partial charge in [0.15, 0.2) is 0 Å². The standard InChI is InChI=1S/C14H10N4/c1-2-6-12-10(4-1)8-17-18(12)13-9-16-14-11(13)5-3-7-15-14/h1-9H,(H,15,16). The number of nitrogens with zero attached hydrogens (tertiary/aromatic N) is 3. The number of nitrogens with one attached hydrogen (secondary N) is 1. The zero-order chi connectivity index (χ0) is 11.9. The molecule has 0 saturated heterocycles. The summed E-state index contributed by atoms with van der Waals surface area (Å²) in [6.45, 7) is 0. The molecular formula is C14H10N4. The van der Waals surface area contributed by atoms with Gasteiger partial charge in [-0.1, -0.05) is 18.2 Å². The normalized spacial score (nSPS) is 11.3. The van der Waals surface area contributed by atoms with E-state index in [1.165, 1.54) is 0 Å². The van der Waals surface area contributed by atoms with Crippen LogP contribution in [0.15, 0.2) is 55.0 Å². The van der Waals surface area contributed by atoms with Crippen molar-refractivity contribution >= 4 is 21.9 Å². The summed E-state index contributed by atoms with van der Waals surface area (Å²) in [6, 6.07) is 12.2. The highest BCUT2D eigenvalue weighted by atomic mass is 15.3. The lowest BCUT2D eigenvalue weighted by Gasteiger charge is -2.00. The van der Waals surface area contributed by atoms with Crippen LogP contribution in [0.3, 0.4) is 0 Å². The van der Waals surface area contributed by atoms with Crippen LogP contribution in [-0.2, 0) is 0 Å². The Morgan fingerprint density at radius 1 is 1.06 bits per heavy atom. The van der Waals surface area contributed by atoms with E-state index < -0.39 is 0 Å². The highest BCUT2D eigenvalue weighted by Gasteiger charge is 2.09. The molecule has 0 spiro atoms. The number of hydrogen-bond donors (Lipinski definition) is 1. The first-order valence-electron chi connectivity index (χ1n) is 5.79. The maximum Gasteiger partial charge on any atom is 0.139 e. The van der Waals surface area contributed by atoms with Crippen molar-refractivity contribution in [1.82, 2.24) is 19.7 Å². The molecule has 0 amide bonds. The summed E-state index contributed by atoms with van der Waals surface area (Å²) in [5.41, 5.74) is 3.01. The molecule has 3 heterocycles. The summed E-state index contributed by atoms with van der Waals surface area (Å²) in [5.74, 6) is 0. The van der Waals surface area contributed by atoms with E-state index in [2.05, 4.69) is 27.2 Å². The number of H-pyrrole nitrogens is 1. The van der Waals surface area contributed by atoms with Gasteiger partial charge in [-0.3, -0.25) is 0 Å². The predicted molar refractivity (Wildman–Crippen MR) is 70.7 cm³/mol. The van der Waals surface area contributed by atoms with Gasteiger partial charge in [0, 0.05) is 23.2 Å². The zero-order valence-corrected chi connectivity index (χ0v) is 9.54. The van der Waals surface area contributed by atoms with E-state index >= 15 is 0 Å². The molecule has 4 aromatic rings. The van der Waals surface area contributed by atoms with E-state index in [4.69, 9.17) is 0 Å². The van der Waals surface area contributed by atoms with Crippen LogP contribution in [-0.4, -0.2) is 19.7 Å². The molecule has 0 unspecified atom stereocenters. The van der Waals surface area contributed by atoms with Gasteiger partial charge in [0.1, 0.15) is 5.65 Å². The van der Waals surface area contributed by atoms with Crippen LogP contribution in [0.25, 0.3) is 27.6 Å². The van der Waals surface area contributed by atoms with Crippen LogP contribution in [0, 0.1) is 0 Å². The summed E-state index contributed by atoms with van der Waals surface area (Å²) < 4.78 is 1.94. The van der Waals surface area contributed by atoms with E-state index in [0.717, 1.165) is 27.6 Å². The molecule has 0 saturated carbocycles. The number of hydrogen-bond acceptors (Lipinski definition) is 2. The minimum Gasteiger partial charge on any atom is -0.344 e. The second kappa shape index (κ2) is 3.43. The van der Waals surface area contributed by atoms with Crippen molar-refractivity contribution in [1.29, 1.82) is 0 Å². The molecule has 0 aliphatic rings. The zero-order valence-electron chi connectivity index (χ0n) is 9.54. The topological polar surface area (TPSA) is 46.5 Å². The van der Waals surface area contributed by atoms with E-state index in [1.807, 2.05) is 41.3 Å². The van der Waals surface area contributed by atoms with Crippen LogP contribution in [0.2, 0.25) is 0 Å². The molecular weight excluding hydrogens is 224 g/mol. The third-order valence-corrected chi connectivity index (χ3v) is 3.13. The van der Waals surface area contributed by atoms with Crippen LogP contribution in [0.1, 0.15) is 0 Å². The van der Waals surface area contributed by atoms with Crippen molar-refractivity contribution in [3.63, 3.8) is 0 Å². The second-order valence-corrected chi connectivity index (χ2v) is 4.19. The van der Waals surface area contributed by atoms with E-state index in [9.17, 15) is 0 Å². The van der Waals surface area contributed by atoms with Crippen LogP contribution in [0.4, 0.5) is 0 Å². The summed E-state index contributed by atoms with van der Waals surface area (Å²) in [5, 5.41) is 6.67. The molecule has 0 aliphatic carbocycles. The van der Waals surface area contributed by atoms with Crippen LogP contribution in [0.5, 0.6) is 0 Å². The van der Waals surface area contributed by atoms with Gasteiger partial charge < -0.3 is 4.98 Å². The lowest BCUT2D eigenvalue weighted by molar-refractivity contribution is 0.917. The molecule has 4 rings (SSSR count). The van der Waals surface area contributed by atoms with E-state index in [-0.39, 0.29) is 0 Å². The Bertz CT molecular complexity index is 769. The first kappa shape index (κ1) is 9.41. The summed E-state index contributed by atoms with van der Waals surface area (Å²) >= 11 is 0. The molecule has 1 N–H and O–H groups in total. The number of benzene rings is 1. The summed E-state index contributed by atoms with van der Waals surface area (Å²) in [7, 11) is 0. The molecule has 86 valence electrons. The van der Waals surface area contributed by atoms with Gasteiger partial charge in [-0.2, -0.15) is 5.10 Å². The number of fused-ring (bicyclic) bond motifs is 2. The maximum absolute atomic E-state index is 4.46. The Labute approximate surface area is 103 Å². The van der Waals surface area contributed by atoms with Gasteiger partial charge in [0.25, 0.3) is 0 Å². The quantitative estimate of drug-likeness (QED) is 0.550. The van der Waals surface area contributed by atoms with Crippen LogP contribution >= 0.6 is 0 Å². The second-order valence-electron chi connectivity index (χ2n) is 4.19. The molecule has 0 atom stereocenters. The third-order valence-electron chi connectivity index (χ3n) is 3.13. The fraction of sp³-hybridized carbons (Fsp3) is 0. The average Bonchev–Trinajstić information content (AvgIpc) is 3.01. The number of aromatic amines is 1. The monoisotopic (exact) mass is 234 g/mol. The van der Waals surface area contributed by atoms with Gasteiger partial charge in [-0.15, -0.1) is 0 Å². The predicted octanol–water partition coefficient (Wildman–Crippen LogP) is 2.90. The van der Waals surface area contributed by atoms with Gasteiger partial charge in [0.2, 0.25) is 0 Å². The van der Waals surface area contributed by atoms with Crippen molar-refractivity contribution in [3.8, 4) is 5.69 Å². The molecule has 1 aromatic carbocycles.